The molecule has 0 amide bonds. The highest BCUT2D eigenvalue weighted by Crippen LogP contribution is 2.60. The number of hydrogen-bond acceptors (Lipinski definition) is 5. The standard InChI is InChI=1S/C9H21O2PS3/c1-4-7-14-8-9-15-12(13,10-5-2)11-6-3/h4-9H2,1-3H3. The molecule has 0 spiro atoms. The maximum Gasteiger partial charge on any atom is 0.247 e. The van der Waals surface area contributed by atoms with E-state index in [1.807, 2.05) is 25.6 Å². The summed E-state index contributed by atoms with van der Waals surface area (Å²) in [6.45, 7) is 7.42. The third kappa shape index (κ3) is 9.02. The first-order valence-electron chi connectivity index (χ1n) is 5.29. The van der Waals surface area contributed by atoms with Crippen molar-refractivity contribution in [2.45, 2.75) is 27.2 Å². The number of thioether (sulfide) groups is 1. The highest BCUT2D eigenvalue weighted by Gasteiger charge is 2.17. The van der Waals surface area contributed by atoms with Gasteiger partial charge in [0.2, 0.25) is 5.69 Å². The Morgan fingerprint density at radius 1 is 1.00 bits per heavy atom. The van der Waals surface area contributed by atoms with E-state index in [2.05, 4.69) is 6.92 Å². The van der Waals surface area contributed by atoms with E-state index >= 15 is 0 Å². The summed E-state index contributed by atoms with van der Waals surface area (Å²) < 4.78 is 11.1. The molecule has 0 fully saturated rings. The Labute approximate surface area is 107 Å². The van der Waals surface area contributed by atoms with Crippen molar-refractivity contribution in [3.05, 3.63) is 0 Å². The van der Waals surface area contributed by atoms with Gasteiger partial charge in [0.05, 0.1) is 13.2 Å². The molecule has 92 valence electrons. The number of rotatable bonds is 10. The van der Waals surface area contributed by atoms with Crippen LogP contribution in [0.4, 0.5) is 0 Å². The first-order chi connectivity index (χ1) is 7.18. The maximum atomic E-state index is 5.53. The number of hydrogen-bond donors (Lipinski definition) is 0. The molecule has 0 aliphatic carbocycles. The van der Waals surface area contributed by atoms with Gasteiger partial charge in [0.15, 0.2) is 0 Å². The maximum absolute atomic E-state index is 5.53. The first-order valence-corrected chi connectivity index (χ1v) is 10.7. The minimum Gasteiger partial charge on any atom is -0.322 e. The van der Waals surface area contributed by atoms with Crippen molar-refractivity contribution in [3.63, 3.8) is 0 Å². The van der Waals surface area contributed by atoms with Crippen molar-refractivity contribution < 1.29 is 9.05 Å². The minimum absolute atomic E-state index is 0.645. The van der Waals surface area contributed by atoms with Crippen LogP contribution in [0.15, 0.2) is 0 Å². The molecule has 0 rings (SSSR count). The van der Waals surface area contributed by atoms with E-state index in [1.54, 1.807) is 11.4 Å². The Hall–Kier alpha value is 1.27. The molecule has 0 aliphatic heterocycles. The topological polar surface area (TPSA) is 18.5 Å². The molecular weight excluding hydrogens is 267 g/mol. The van der Waals surface area contributed by atoms with Crippen LogP contribution in [0.5, 0.6) is 0 Å². The molecule has 0 heterocycles. The van der Waals surface area contributed by atoms with Crippen molar-refractivity contribution in [1.82, 2.24) is 0 Å². The van der Waals surface area contributed by atoms with Gasteiger partial charge in [0.1, 0.15) is 0 Å². The average Bonchev–Trinajstić information content (AvgIpc) is 2.18. The normalized spacial score (nSPS) is 11.9. The summed E-state index contributed by atoms with van der Waals surface area (Å²) in [6.07, 6.45) is 1.24. The van der Waals surface area contributed by atoms with Gasteiger partial charge in [-0.2, -0.15) is 11.8 Å². The predicted molar refractivity (Wildman–Crippen MR) is 77.6 cm³/mol. The smallest absolute Gasteiger partial charge is 0.247 e. The van der Waals surface area contributed by atoms with Crippen LogP contribution in [0.2, 0.25) is 0 Å². The van der Waals surface area contributed by atoms with E-state index in [0.29, 0.717) is 13.2 Å². The Balaban J connectivity index is 3.71. The second-order valence-corrected chi connectivity index (χ2v) is 10.4. The molecule has 0 N–H and O–H groups in total. The summed E-state index contributed by atoms with van der Waals surface area (Å²) in [4.78, 5) is 0. The monoisotopic (exact) mass is 288 g/mol. The molecule has 0 bridgehead atoms. The van der Waals surface area contributed by atoms with Crippen LogP contribution in [-0.4, -0.2) is 30.5 Å². The molecule has 0 aromatic heterocycles. The van der Waals surface area contributed by atoms with Gasteiger partial charge in [-0.15, -0.1) is 0 Å². The zero-order chi connectivity index (χ0) is 11.6. The summed E-state index contributed by atoms with van der Waals surface area (Å²) >= 11 is 9.05. The van der Waals surface area contributed by atoms with Crippen molar-refractivity contribution in [2.24, 2.45) is 0 Å². The van der Waals surface area contributed by atoms with E-state index in [-0.39, 0.29) is 0 Å². The van der Waals surface area contributed by atoms with Gasteiger partial charge in [-0.25, -0.2) is 0 Å². The fourth-order valence-corrected chi connectivity index (χ4v) is 6.95. The van der Waals surface area contributed by atoms with Crippen LogP contribution in [0.25, 0.3) is 0 Å². The van der Waals surface area contributed by atoms with Crippen LogP contribution in [0, 0.1) is 0 Å². The van der Waals surface area contributed by atoms with Crippen molar-refractivity contribution in [3.8, 4) is 0 Å². The van der Waals surface area contributed by atoms with E-state index in [0.717, 1.165) is 11.5 Å². The van der Waals surface area contributed by atoms with E-state index < -0.39 is 5.69 Å². The quantitative estimate of drug-likeness (QED) is 0.442. The van der Waals surface area contributed by atoms with Gasteiger partial charge in [0, 0.05) is 11.5 Å². The molecule has 0 saturated heterocycles. The fourth-order valence-electron chi connectivity index (χ4n) is 0.882. The molecule has 0 unspecified atom stereocenters. The summed E-state index contributed by atoms with van der Waals surface area (Å²) in [6, 6.07) is 0. The molecule has 2 nitrogen and oxygen atoms in total. The fraction of sp³-hybridized carbons (Fsp3) is 1.00. The Kier molecular flexibility index (Phi) is 11.3. The highest BCUT2D eigenvalue weighted by molar-refractivity contribution is 8.68. The molecule has 0 aliphatic rings. The van der Waals surface area contributed by atoms with Crippen molar-refractivity contribution >= 4 is 40.6 Å². The lowest BCUT2D eigenvalue weighted by molar-refractivity contribution is 0.280. The summed E-state index contributed by atoms with van der Waals surface area (Å²) in [5.74, 6) is 3.39. The molecule has 0 radical (unpaired) electrons. The first kappa shape index (κ1) is 16.3. The Bertz CT molecular complexity index is 180. The zero-order valence-corrected chi connectivity index (χ0v) is 13.1. The van der Waals surface area contributed by atoms with Crippen LogP contribution in [0.3, 0.4) is 0 Å². The van der Waals surface area contributed by atoms with Gasteiger partial charge >= 0.3 is 0 Å². The van der Waals surface area contributed by atoms with Gasteiger partial charge in [0.25, 0.3) is 0 Å². The Morgan fingerprint density at radius 3 is 2.07 bits per heavy atom. The van der Waals surface area contributed by atoms with E-state index in [9.17, 15) is 0 Å². The van der Waals surface area contributed by atoms with Crippen LogP contribution in [-0.2, 0) is 20.9 Å². The summed E-state index contributed by atoms with van der Waals surface area (Å²) in [5.41, 5.74) is -2.03. The van der Waals surface area contributed by atoms with Crippen LogP contribution in [0.1, 0.15) is 27.2 Å². The van der Waals surface area contributed by atoms with Crippen LogP contribution >= 0.6 is 28.8 Å². The lowest BCUT2D eigenvalue weighted by Crippen LogP contribution is -1.94. The molecule has 0 aromatic rings. The predicted octanol–water partition coefficient (Wildman–Crippen LogP) is 4.16. The van der Waals surface area contributed by atoms with Gasteiger partial charge in [-0.3, -0.25) is 0 Å². The molecular formula is C9H21O2PS3. The van der Waals surface area contributed by atoms with Gasteiger partial charge in [-0.05, 0) is 37.8 Å². The molecule has 0 atom stereocenters. The SMILES string of the molecule is CCCSCCSP(=S)(OCC)OCC. The van der Waals surface area contributed by atoms with Crippen molar-refractivity contribution in [2.75, 3.05) is 30.5 Å². The van der Waals surface area contributed by atoms with E-state index in [4.69, 9.17) is 20.9 Å². The van der Waals surface area contributed by atoms with Crippen molar-refractivity contribution in [1.29, 1.82) is 0 Å². The second kappa shape index (κ2) is 10.4. The van der Waals surface area contributed by atoms with E-state index in [1.165, 1.54) is 12.2 Å². The molecule has 6 heteroatoms. The molecule has 0 aromatic carbocycles. The largest absolute Gasteiger partial charge is 0.322 e. The molecule has 0 saturated carbocycles. The van der Waals surface area contributed by atoms with Gasteiger partial charge < -0.3 is 9.05 Å². The van der Waals surface area contributed by atoms with Crippen LogP contribution < -0.4 is 0 Å². The summed E-state index contributed by atoms with van der Waals surface area (Å²) in [7, 11) is 0. The minimum atomic E-state index is -2.03. The average molecular weight is 288 g/mol. The Morgan fingerprint density at radius 2 is 1.60 bits per heavy atom. The third-order valence-electron chi connectivity index (χ3n) is 1.40. The lowest BCUT2D eigenvalue weighted by Gasteiger charge is -2.19. The highest BCUT2D eigenvalue weighted by atomic mass is 32.9. The third-order valence-corrected chi connectivity index (χ3v) is 8.41. The van der Waals surface area contributed by atoms with Gasteiger partial charge in [-0.1, -0.05) is 18.3 Å². The molecule has 15 heavy (non-hydrogen) atoms. The zero-order valence-electron chi connectivity index (χ0n) is 9.73. The lowest BCUT2D eigenvalue weighted by atomic mass is 10.6. The summed E-state index contributed by atoms with van der Waals surface area (Å²) in [5, 5.41) is 0. The second-order valence-electron chi connectivity index (χ2n) is 2.73.